The van der Waals surface area contributed by atoms with Crippen molar-refractivity contribution in [2.75, 3.05) is 32.7 Å². The minimum absolute atomic E-state index is 0. The molecular weight excluding hydrogens is 447 g/mol. The summed E-state index contributed by atoms with van der Waals surface area (Å²) in [7, 11) is 0. The van der Waals surface area contributed by atoms with Crippen LogP contribution in [0.1, 0.15) is 50.6 Å². The number of hydrogen-bond acceptors (Lipinski definition) is 6. The standard InChI is InChI=1S/C23H29FN6O2.ClH/c1-3-20-19-5-4-18(24)12-21(19)30(26-20)23-25-22(32-27-23)17-7-9-28(10-8-17)13-16-6-11-29(14-16)15(2)31;/h4-5,12,16-17H,3,6-11,13-14H2,1-2H3;1H/t16-;/m0./s1. The van der Waals surface area contributed by atoms with Crippen molar-refractivity contribution in [2.45, 2.75) is 45.4 Å². The smallest absolute Gasteiger partial charge is 0.291 e. The summed E-state index contributed by atoms with van der Waals surface area (Å²) in [6.45, 7) is 8.43. The summed E-state index contributed by atoms with van der Waals surface area (Å²) in [4.78, 5) is 20.6. The molecule has 0 N–H and O–H groups in total. The molecule has 0 spiro atoms. The van der Waals surface area contributed by atoms with Crippen LogP contribution in [-0.2, 0) is 11.2 Å². The topological polar surface area (TPSA) is 80.3 Å². The van der Waals surface area contributed by atoms with Gasteiger partial charge in [-0.15, -0.1) is 12.4 Å². The van der Waals surface area contributed by atoms with Crippen molar-refractivity contribution in [1.29, 1.82) is 0 Å². The minimum Gasteiger partial charge on any atom is -0.343 e. The molecule has 2 saturated heterocycles. The summed E-state index contributed by atoms with van der Waals surface area (Å²) in [5, 5.41) is 9.66. The summed E-state index contributed by atoms with van der Waals surface area (Å²) >= 11 is 0. The highest BCUT2D eigenvalue weighted by Gasteiger charge is 2.30. The average Bonchev–Trinajstić information content (AvgIpc) is 3.52. The van der Waals surface area contributed by atoms with Crippen molar-refractivity contribution in [2.24, 2.45) is 5.92 Å². The zero-order valence-electron chi connectivity index (χ0n) is 19.0. The van der Waals surface area contributed by atoms with Crippen molar-refractivity contribution in [3.8, 4) is 5.95 Å². The zero-order chi connectivity index (χ0) is 22.2. The molecule has 5 rings (SSSR count). The number of amides is 1. The van der Waals surface area contributed by atoms with Gasteiger partial charge in [0.25, 0.3) is 5.95 Å². The van der Waals surface area contributed by atoms with Crippen molar-refractivity contribution in [3.05, 3.63) is 35.6 Å². The molecule has 2 aliphatic rings. The molecule has 2 aromatic heterocycles. The molecule has 10 heteroatoms. The molecule has 0 saturated carbocycles. The number of benzene rings is 1. The lowest BCUT2D eigenvalue weighted by molar-refractivity contribution is -0.127. The van der Waals surface area contributed by atoms with Gasteiger partial charge in [-0.05, 0) is 62.0 Å². The maximum atomic E-state index is 13.9. The third kappa shape index (κ3) is 4.75. The highest BCUT2D eigenvalue weighted by molar-refractivity contribution is 5.85. The van der Waals surface area contributed by atoms with Crippen LogP contribution in [-0.4, -0.2) is 68.4 Å². The van der Waals surface area contributed by atoms with Gasteiger partial charge in [0.15, 0.2) is 0 Å². The van der Waals surface area contributed by atoms with Crippen LogP contribution < -0.4 is 0 Å². The molecule has 1 aromatic carbocycles. The third-order valence-corrected chi connectivity index (χ3v) is 6.86. The normalized spacial score (nSPS) is 19.8. The Morgan fingerprint density at radius 3 is 2.70 bits per heavy atom. The lowest BCUT2D eigenvalue weighted by atomic mass is 9.95. The summed E-state index contributed by atoms with van der Waals surface area (Å²) in [6, 6.07) is 4.67. The molecule has 8 nitrogen and oxygen atoms in total. The fourth-order valence-electron chi connectivity index (χ4n) is 5.04. The first-order chi connectivity index (χ1) is 15.5. The number of fused-ring (bicyclic) bond motifs is 1. The first-order valence-electron chi connectivity index (χ1n) is 11.5. The minimum atomic E-state index is -0.314. The Labute approximate surface area is 198 Å². The maximum absolute atomic E-state index is 13.9. The van der Waals surface area contributed by atoms with E-state index in [0.29, 0.717) is 23.3 Å². The molecule has 4 heterocycles. The average molecular weight is 477 g/mol. The van der Waals surface area contributed by atoms with Crippen LogP contribution >= 0.6 is 12.4 Å². The van der Waals surface area contributed by atoms with Gasteiger partial charge in [0.2, 0.25) is 11.8 Å². The van der Waals surface area contributed by atoms with Crippen molar-refractivity contribution < 1.29 is 13.7 Å². The monoisotopic (exact) mass is 476 g/mol. The molecule has 2 fully saturated rings. The SMILES string of the molecule is CCc1nn(-c2noc(C3CCN(C[C@@H]4CCN(C(C)=O)C4)CC3)n2)c2cc(F)ccc12.Cl. The Hall–Kier alpha value is -2.52. The highest BCUT2D eigenvalue weighted by atomic mass is 35.5. The van der Waals surface area contributed by atoms with E-state index in [1.807, 2.05) is 11.8 Å². The van der Waals surface area contributed by atoms with E-state index in [4.69, 9.17) is 4.52 Å². The molecule has 0 unspecified atom stereocenters. The second-order valence-electron chi connectivity index (χ2n) is 9.00. The lowest BCUT2D eigenvalue weighted by Crippen LogP contribution is -2.37. The quantitative estimate of drug-likeness (QED) is 0.560. The van der Waals surface area contributed by atoms with Gasteiger partial charge in [0, 0.05) is 43.9 Å². The Morgan fingerprint density at radius 2 is 2.00 bits per heavy atom. The van der Waals surface area contributed by atoms with Gasteiger partial charge in [-0.3, -0.25) is 4.79 Å². The fraction of sp³-hybridized carbons (Fsp3) is 0.565. The number of aryl methyl sites for hydroxylation is 1. The second kappa shape index (κ2) is 9.77. The zero-order valence-corrected chi connectivity index (χ0v) is 19.9. The molecule has 0 aliphatic carbocycles. The van der Waals surface area contributed by atoms with Gasteiger partial charge in [-0.1, -0.05) is 6.92 Å². The number of nitrogens with zero attached hydrogens (tertiary/aromatic N) is 6. The van der Waals surface area contributed by atoms with E-state index in [0.717, 1.165) is 69.5 Å². The molecule has 0 bridgehead atoms. The van der Waals surface area contributed by atoms with E-state index in [1.54, 1.807) is 17.7 Å². The molecule has 33 heavy (non-hydrogen) atoms. The van der Waals surface area contributed by atoms with Crippen LogP contribution in [0.2, 0.25) is 0 Å². The first kappa shape index (κ1) is 23.6. The maximum Gasteiger partial charge on any atom is 0.291 e. The first-order valence-corrected chi connectivity index (χ1v) is 11.5. The highest BCUT2D eigenvalue weighted by Crippen LogP contribution is 2.29. The van der Waals surface area contributed by atoms with Gasteiger partial charge in [0.05, 0.1) is 11.2 Å². The predicted octanol–water partition coefficient (Wildman–Crippen LogP) is 3.58. The van der Waals surface area contributed by atoms with Gasteiger partial charge >= 0.3 is 0 Å². The summed E-state index contributed by atoms with van der Waals surface area (Å²) < 4.78 is 21.1. The number of likely N-dealkylation sites (tertiary alicyclic amines) is 2. The summed E-state index contributed by atoms with van der Waals surface area (Å²) in [5.41, 5.74) is 1.54. The molecule has 2 aliphatic heterocycles. The van der Waals surface area contributed by atoms with Gasteiger partial charge in [0.1, 0.15) is 5.82 Å². The molecule has 1 atom stereocenters. The largest absolute Gasteiger partial charge is 0.343 e. The third-order valence-electron chi connectivity index (χ3n) is 6.86. The van der Waals surface area contributed by atoms with E-state index >= 15 is 0 Å². The second-order valence-corrected chi connectivity index (χ2v) is 9.00. The molecule has 3 aromatic rings. The summed E-state index contributed by atoms with van der Waals surface area (Å²) in [6.07, 6.45) is 3.74. The fourth-order valence-corrected chi connectivity index (χ4v) is 5.04. The van der Waals surface area contributed by atoms with Gasteiger partial charge < -0.3 is 14.3 Å². The van der Waals surface area contributed by atoms with Gasteiger partial charge in [-0.2, -0.15) is 14.8 Å². The Bertz CT molecular complexity index is 1120. The Kier molecular flexibility index (Phi) is 6.99. The van der Waals surface area contributed by atoms with Gasteiger partial charge in [-0.25, -0.2) is 4.39 Å². The molecule has 0 radical (unpaired) electrons. The Balaban J connectivity index is 0.00000259. The molecule has 1 amide bonds. The lowest BCUT2D eigenvalue weighted by Gasteiger charge is -2.32. The summed E-state index contributed by atoms with van der Waals surface area (Å²) in [5.74, 6) is 1.62. The van der Waals surface area contributed by atoms with Crippen LogP contribution in [0.5, 0.6) is 0 Å². The van der Waals surface area contributed by atoms with Crippen LogP contribution in [0, 0.1) is 11.7 Å². The number of piperidine rings is 1. The van der Waals surface area contributed by atoms with Crippen molar-refractivity contribution in [3.63, 3.8) is 0 Å². The number of hydrogen-bond donors (Lipinski definition) is 0. The van der Waals surface area contributed by atoms with Crippen LogP contribution in [0.15, 0.2) is 22.7 Å². The van der Waals surface area contributed by atoms with E-state index in [9.17, 15) is 9.18 Å². The number of carbonyl (C=O) groups excluding carboxylic acids is 1. The van der Waals surface area contributed by atoms with Crippen LogP contribution in [0.25, 0.3) is 16.9 Å². The van der Waals surface area contributed by atoms with E-state index in [2.05, 4.69) is 20.1 Å². The van der Waals surface area contributed by atoms with E-state index < -0.39 is 0 Å². The van der Waals surface area contributed by atoms with E-state index in [1.165, 1.54) is 12.1 Å². The van der Waals surface area contributed by atoms with Crippen molar-refractivity contribution >= 4 is 29.2 Å². The van der Waals surface area contributed by atoms with Crippen molar-refractivity contribution in [1.82, 2.24) is 29.7 Å². The van der Waals surface area contributed by atoms with E-state index in [-0.39, 0.29) is 30.0 Å². The Morgan fingerprint density at radius 1 is 1.21 bits per heavy atom. The predicted molar refractivity (Wildman–Crippen MR) is 124 cm³/mol. The van der Waals surface area contributed by atoms with Crippen LogP contribution in [0.4, 0.5) is 4.39 Å². The van der Waals surface area contributed by atoms with Crippen LogP contribution in [0.3, 0.4) is 0 Å². The number of rotatable bonds is 5. The number of aromatic nitrogens is 4. The number of carbonyl (C=O) groups is 1. The molecule has 178 valence electrons. The molecular formula is C23H30ClFN6O2. The number of halogens is 2.